The van der Waals surface area contributed by atoms with Crippen LogP contribution in [0.5, 0.6) is 0 Å². The van der Waals surface area contributed by atoms with Crippen molar-refractivity contribution in [2.45, 2.75) is 36.5 Å². The van der Waals surface area contributed by atoms with E-state index in [2.05, 4.69) is 4.18 Å². The fourth-order valence-corrected chi connectivity index (χ4v) is 3.14. The molecule has 2 heterocycles. The van der Waals surface area contributed by atoms with Gasteiger partial charge in [0.25, 0.3) is 0 Å². The van der Waals surface area contributed by atoms with Crippen LogP contribution in [-0.4, -0.2) is 41.8 Å². The van der Waals surface area contributed by atoms with E-state index in [0.717, 1.165) is 0 Å². The molecule has 0 spiro atoms. The van der Waals surface area contributed by atoms with Gasteiger partial charge in [0.1, 0.15) is 0 Å². The summed E-state index contributed by atoms with van der Waals surface area (Å²) in [4.78, 5) is 11.7. The summed E-state index contributed by atoms with van der Waals surface area (Å²) in [5.74, 6) is 0. The lowest BCUT2D eigenvalue weighted by molar-refractivity contribution is -0.0914. The summed E-state index contributed by atoms with van der Waals surface area (Å²) in [5.41, 5.74) is -7.56. The minimum Gasteiger partial charge on any atom is -0.465 e. The average Bonchev–Trinajstić information content (AvgIpc) is 2.44. The first kappa shape index (κ1) is 14.1. The topological polar surface area (TPSA) is 83.9 Å². The van der Waals surface area contributed by atoms with Gasteiger partial charge in [0, 0.05) is 6.42 Å². The molecule has 0 radical (unpaired) electrons. The summed E-state index contributed by atoms with van der Waals surface area (Å²) in [6.07, 6.45) is 1.32. The third-order valence-electron chi connectivity index (χ3n) is 3.15. The molecule has 1 fully saturated rings. The van der Waals surface area contributed by atoms with Gasteiger partial charge < -0.3 is 5.11 Å². The largest absolute Gasteiger partial charge is 0.523 e. The number of nitrogens with zero attached hydrogens (tertiary/aromatic N) is 1. The normalized spacial score (nSPS) is 30.7. The van der Waals surface area contributed by atoms with E-state index in [-0.39, 0.29) is 19.3 Å². The summed E-state index contributed by atoms with van der Waals surface area (Å²) in [6.45, 7) is 0. The van der Waals surface area contributed by atoms with Crippen molar-refractivity contribution < 1.29 is 35.7 Å². The van der Waals surface area contributed by atoms with Crippen molar-refractivity contribution in [2.24, 2.45) is 0 Å². The zero-order valence-corrected chi connectivity index (χ0v) is 10.2. The number of amides is 1. The minimum atomic E-state index is -5.85. The Bertz CT molecular complexity index is 528. The molecule has 2 aliphatic heterocycles. The van der Waals surface area contributed by atoms with Gasteiger partial charge in [0.15, 0.2) is 5.72 Å². The number of halogens is 3. The molecule has 0 aliphatic carbocycles. The third-order valence-corrected chi connectivity index (χ3v) is 4.25. The van der Waals surface area contributed by atoms with Crippen molar-refractivity contribution in [2.75, 3.05) is 0 Å². The van der Waals surface area contributed by atoms with E-state index in [4.69, 9.17) is 5.11 Å². The highest BCUT2D eigenvalue weighted by molar-refractivity contribution is 7.87. The van der Waals surface area contributed by atoms with Crippen LogP contribution in [-0.2, 0) is 14.3 Å². The standard InChI is InChI=1S/C9H10F3NO5S/c10-9(11,12)19(16,17)18-8-4-1-2-6(3-5-8)13(8)7(14)15/h1-2,6H,3-5H2,(H,14,15). The van der Waals surface area contributed by atoms with Gasteiger partial charge in [-0.15, -0.1) is 0 Å². The van der Waals surface area contributed by atoms with Gasteiger partial charge >= 0.3 is 21.7 Å². The Labute approximate surface area is 106 Å². The molecule has 2 atom stereocenters. The number of hydrogen-bond acceptors (Lipinski definition) is 4. The lowest BCUT2D eigenvalue weighted by Crippen LogP contribution is -2.54. The molecule has 0 saturated carbocycles. The number of alkyl halides is 3. The molecule has 2 aliphatic rings. The van der Waals surface area contributed by atoms with Crippen LogP contribution in [0.2, 0.25) is 0 Å². The van der Waals surface area contributed by atoms with Gasteiger partial charge in [-0.2, -0.15) is 21.6 Å². The molecule has 2 bridgehead atoms. The maximum Gasteiger partial charge on any atom is 0.523 e. The molecule has 6 nitrogen and oxygen atoms in total. The summed E-state index contributed by atoms with van der Waals surface area (Å²) in [5, 5.41) is 9.02. The Kier molecular flexibility index (Phi) is 3.05. The monoisotopic (exact) mass is 301 g/mol. The highest BCUT2D eigenvalue weighted by Gasteiger charge is 2.58. The fourth-order valence-electron chi connectivity index (χ4n) is 2.40. The van der Waals surface area contributed by atoms with Crippen molar-refractivity contribution in [1.82, 2.24) is 4.90 Å². The smallest absolute Gasteiger partial charge is 0.465 e. The summed E-state index contributed by atoms with van der Waals surface area (Å²) >= 11 is 0. The molecular formula is C9H10F3NO5S. The lowest BCUT2D eigenvalue weighted by atomic mass is 10.1. The number of rotatable bonds is 2. The van der Waals surface area contributed by atoms with Crippen LogP contribution in [0, 0.1) is 0 Å². The zero-order valence-electron chi connectivity index (χ0n) is 9.42. The molecule has 19 heavy (non-hydrogen) atoms. The van der Waals surface area contributed by atoms with Gasteiger partial charge in [0.05, 0.1) is 6.04 Å². The molecule has 0 aromatic heterocycles. The van der Waals surface area contributed by atoms with Crippen molar-refractivity contribution >= 4 is 16.2 Å². The predicted octanol–water partition coefficient (Wildman–Crippen LogP) is 1.65. The van der Waals surface area contributed by atoms with Crippen LogP contribution in [0.15, 0.2) is 12.2 Å². The van der Waals surface area contributed by atoms with E-state index in [9.17, 15) is 26.4 Å². The second kappa shape index (κ2) is 4.10. The van der Waals surface area contributed by atoms with Crippen LogP contribution in [0.3, 0.4) is 0 Å². The zero-order chi connectivity index (χ0) is 14.5. The Balaban J connectivity index is 2.37. The Morgan fingerprint density at radius 1 is 1.47 bits per heavy atom. The van der Waals surface area contributed by atoms with Gasteiger partial charge in [-0.1, -0.05) is 12.2 Å². The predicted molar refractivity (Wildman–Crippen MR) is 55.4 cm³/mol. The average molecular weight is 301 g/mol. The number of hydrogen-bond donors (Lipinski definition) is 1. The molecule has 1 amide bonds. The summed E-state index contributed by atoms with van der Waals surface area (Å²) < 4.78 is 63.4. The summed E-state index contributed by atoms with van der Waals surface area (Å²) in [7, 11) is -5.85. The molecule has 1 N–H and O–H groups in total. The van der Waals surface area contributed by atoms with E-state index in [1.165, 1.54) is 12.2 Å². The highest BCUT2D eigenvalue weighted by Crippen LogP contribution is 2.44. The van der Waals surface area contributed by atoms with Crippen LogP contribution in [0.4, 0.5) is 18.0 Å². The number of fused-ring (bicyclic) bond motifs is 2. The highest BCUT2D eigenvalue weighted by atomic mass is 32.2. The van der Waals surface area contributed by atoms with E-state index < -0.39 is 33.5 Å². The Morgan fingerprint density at radius 2 is 2.11 bits per heavy atom. The summed E-state index contributed by atoms with van der Waals surface area (Å²) in [6, 6.07) is -0.658. The van der Waals surface area contributed by atoms with Crippen molar-refractivity contribution in [3.05, 3.63) is 12.2 Å². The second-order valence-electron chi connectivity index (χ2n) is 4.32. The van der Waals surface area contributed by atoms with Crippen LogP contribution in [0.1, 0.15) is 19.3 Å². The fraction of sp³-hybridized carbons (Fsp3) is 0.667. The molecular weight excluding hydrogens is 291 g/mol. The quantitative estimate of drug-likeness (QED) is 0.476. The first-order valence-corrected chi connectivity index (χ1v) is 6.71. The molecule has 108 valence electrons. The molecule has 2 unspecified atom stereocenters. The lowest BCUT2D eigenvalue weighted by Gasteiger charge is -2.39. The van der Waals surface area contributed by atoms with Gasteiger partial charge in [-0.3, -0.25) is 4.90 Å². The second-order valence-corrected chi connectivity index (χ2v) is 5.86. The van der Waals surface area contributed by atoms with E-state index in [1.807, 2.05) is 0 Å². The van der Waals surface area contributed by atoms with Gasteiger partial charge in [0.2, 0.25) is 0 Å². The van der Waals surface area contributed by atoms with Crippen molar-refractivity contribution in [3.8, 4) is 0 Å². The molecule has 2 rings (SSSR count). The van der Waals surface area contributed by atoms with Gasteiger partial charge in [-0.05, 0) is 12.8 Å². The maximum absolute atomic E-state index is 12.3. The SMILES string of the molecule is O=C(O)N1C2C=CCC1(OS(=O)(=O)C(F)(F)F)CC2. The van der Waals surface area contributed by atoms with E-state index in [1.54, 1.807) is 0 Å². The Morgan fingerprint density at radius 3 is 2.63 bits per heavy atom. The van der Waals surface area contributed by atoms with Crippen LogP contribution in [0.25, 0.3) is 0 Å². The van der Waals surface area contributed by atoms with Crippen molar-refractivity contribution in [1.29, 1.82) is 0 Å². The first-order valence-electron chi connectivity index (χ1n) is 5.30. The van der Waals surface area contributed by atoms with Crippen LogP contribution < -0.4 is 0 Å². The molecule has 1 saturated heterocycles. The number of carbonyl (C=O) groups is 1. The van der Waals surface area contributed by atoms with E-state index in [0.29, 0.717) is 4.90 Å². The van der Waals surface area contributed by atoms with Crippen LogP contribution >= 0.6 is 0 Å². The van der Waals surface area contributed by atoms with Crippen molar-refractivity contribution in [3.63, 3.8) is 0 Å². The first-order chi connectivity index (χ1) is 8.59. The molecule has 0 aromatic carbocycles. The third kappa shape index (κ3) is 2.18. The van der Waals surface area contributed by atoms with Gasteiger partial charge in [-0.25, -0.2) is 8.98 Å². The number of carboxylic acid groups (broad SMARTS) is 1. The maximum atomic E-state index is 12.3. The molecule has 0 aromatic rings. The Hall–Kier alpha value is -1.29. The van der Waals surface area contributed by atoms with E-state index >= 15 is 0 Å². The molecule has 10 heteroatoms. The minimum absolute atomic E-state index is 0.105.